The van der Waals surface area contributed by atoms with Crippen LogP contribution >= 0.6 is 0 Å². The van der Waals surface area contributed by atoms with Gasteiger partial charge in [-0.05, 0) is 36.5 Å². The molecule has 3 N–H and O–H groups in total. The molecule has 0 radical (unpaired) electrons. The summed E-state index contributed by atoms with van der Waals surface area (Å²) in [5, 5.41) is 11.7. The third-order valence-corrected chi connectivity index (χ3v) is 5.17. The minimum Gasteiger partial charge on any atom is -0.384 e. The summed E-state index contributed by atoms with van der Waals surface area (Å²) < 4.78 is 1.71. The van der Waals surface area contributed by atoms with Crippen molar-refractivity contribution < 1.29 is 9.59 Å². The highest BCUT2D eigenvalue weighted by atomic mass is 16.1. The zero-order valence-electron chi connectivity index (χ0n) is 16.9. The average Bonchev–Trinajstić information content (AvgIpc) is 3.04. The first kappa shape index (κ1) is 20.0. The molecule has 1 aliphatic carbocycles. The Morgan fingerprint density at radius 2 is 2.04 bits per heavy atom. The Morgan fingerprint density at radius 3 is 2.75 bits per heavy atom. The van der Waals surface area contributed by atoms with Crippen LogP contribution in [0.4, 0.5) is 5.69 Å². The van der Waals surface area contributed by atoms with Crippen LogP contribution in [-0.2, 0) is 6.42 Å². The highest BCUT2D eigenvalue weighted by molar-refractivity contribution is 5.99. The lowest BCUT2D eigenvalue weighted by Crippen LogP contribution is -2.28. The third-order valence-electron chi connectivity index (χ3n) is 5.17. The predicted molar refractivity (Wildman–Crippen MR) is 109 cm³/mol. The molecule has 1 aliphatic rings. The van der Waals surface area contributed by atoms with Gasteiger partial charge >= 0.3 is 0 Å². The lowest BCUT2D eigenvalue weighted by Gasteiger charge is -2.28. The highest BCUT2D eigenvalue weighted by Gasteiger charge is 2.35. The number of unbranched alkanes of at least 4 members (excludes halogenated alkanes) is 3. The molecule has 0 fully saturated rings. The highest BCUT2D eigenvalue weighted by Crippen LogP contribution is 2.35. The quantitative estimate of drug-likeness (QED) is 0.679. The smallest absolute Gasteiger partial charge is 0.250 e. The van der Waals surface area contributed by atoms with Crippen molar-refractivity contribution in [2.45, 2.75) is 59.3 Å². The van der Waals surface area contributed by atoms with Gasteiger partial charge in [0.2, 0.25) is 0 Å². The van der Waals surface area contributed by atoms with Gasteiger partial charge in [0.1, 0.15) is 0 Å². The average molecular weight is 383 g/mol. The summed E-state index contributed by atoms with van der Waals surface area (Å²) in [5.41, 5.74) is 8.59. The lowest BCUT2D eigenvalue weighted by atomic mass is 9.77. The monoisotopic (exact) mass is 383 g/mol. The molecule has 1 heterocycles. The second-order valence-corrected chi connectivity index (χ2v) is 8.32. The fourth-order valence-electron chi connectivity index (χ4n) is 3.72. The van der Waals surface area contributed by atoms with Crippen molar-refractivity contribution in [1.82, 2.24) is 15.0 Å². The standard InChI is InChI=1S/C21H29N5O2/c1-4-5-6-7-10-23-16-11-14(8-9-15(16)20(22)28)26-17-12-21(2,3)13-18(27)19(17)24-25-26/h8-9,11,23H,4-7,10,12-13H2,1-3H3,(H2,22,28). The molecular formula is C21H29N5O2. The molecule has 3 rings (SSSR count). The zero-order chi connectivity index (χ0) is 20.3. The number of amides is 1. The molecule has 0 saturated carbocycles. The van der Waals surface area contributed by atoms with Crippen molar-refractivity contribution >= 4 is 17.4 Å². The molecule has 0 atom stereocenters. The Labute approximate surface area is 165 Å². The number of Topliss-reactive ketones (excluding diaryl/α,β-unsaturated/α-hetero) is 1. The molecule has 7 heteroatoms. The normalized spacial score (nSPS) is 15.3. The molecule has 28 heavy (non-hydrogen) atoms. The van der Waals surface area contributed by atoms with Crippen LogP contribution in [0.3, 0.4) is 0 Å². The van der Waals surface area contributed by atoms with Gasteiger partial charge in [0.25, 0.3) is 5.91 Å². The van der Waals surface area contributed by atoms with Crippen molar-refractivity contribution in [2.75, 3.05) is 11.9 Å². The van der Waals surface area contributed by atoms with Gasteiger partial charge in [-0.15, -0.1) is 5.10 Å². The number of hydrogen-bond acceptors (Lipinski definition) is 5. The molecule has 7 nitrogen and oxygen atoms in total. The maximum Gasteiger partial charge on any atom is 0.250 e. The summed E-state index contributed by atoms with van der Waals surface area (Å²) >= 11 is 0. The molecule has 0 unspecified atom stereocenters. The number of ketones is 1. The van der Waals surface area contributed by atoms with E-state index in [1.54, 1.807) is 16.8 Å². The summed E-state index contributed by atoms with van der Waals surface area (Å²) in [7, 11) is 0. The number of fused-ring (bicyclic) bond motifs is 1. The van der Waals surface area contributed by atoms with E-state index in [2.05, 4.69) is 36.4 Å². The zero-order valence-corrected chi connectivity index (χ0v) is 16.9. The number of carbonyl (C=O) groups is 2. The van der Waals surface area contributed by atoms with Crippen LogP contribution in [0.1, 0.15) is 79.4 Å². The minimum atomic E-state index is -0.473. The van der Waals surface area contributed by atoms with Gasteiger partial charge < -0.3 is 11.1 Å². The first-order chi connectivity index (χ1) is 13.3. The second-order valence-electron chi connectivity index (χ2n) is 8.32. The maximum atomic E-state index is 12.4. The van der Waals surface area contributed by atoms with Gasteiger partial charge in [0.15, 0.2) is 11.5 Å². The third kappa shape index (κ3) is 4.24. The number of carbonyl (C=O) groups excluding carboxylic acids is 2. The van der Waals surface area contributed by atoms with E-state index in [9.17, 15) is 9.59 Å². The number of nitrogens with zero attached hydrogens (tertiary/aromatic N) is 3. The summed E-state index contributed by atoms with van der Waals surface area (Å²) in [5.74, 6) is -0.444. The number of nitrogens with two attached hydrogens (primary N) is 1. The van der Waals surface area contributed by atoms with Gasteiger partial charge in [0.05, 0.1) is 16.9 Å². The Kier molecular flexibility index (Phi) is 5.82. The summed E-state index contributed by atoms with van der Waals surface area (Å²) in [6.07, 6.45) is 5.73. The molecule has 1 aromatic carbocycles. The first-order valence-electron chi connectivity index (χ1n) is 9.98. The molecule has 2 aromatic rings. The van der Waals surface area contributed by atoms with Crippen molar-refractivity contribution in [3.05, 3.63) is 35.2 Å². The van der Waals surface area contributed by atoms with Crippen LogP contribution in [0.2, 0.25) is 0 Å². The van der Waals surface area contributed by atoms with Crippen LogP contribution in [-0.4, -0.2) is 33.2 Å². The van der Waals surface area contributed by atoms with Gasteiger partial charge in [-0.1, -0.05) is 45.2 Å². The van der Waals surface area contributed by atoms with Gasteiger partial charge in [-0.25, -0.2) is 4.68 Å². The van der Waals surface area contributed by atoms with Crippen molar-refractivity contribution in [2.24, 2.45) is 11.1 Å². The molecule has 1 amide bonds. The van der Waals surface area contributed by atoms with E-state index in [-0.39, 0.29) is 11.2 Å². The Bertz CT molecular complexity index is 885. The molecular weight excluding hydrogens is 354 g/mol. The van der Waals surface area contributed by atoms with E-state index in [0.29, 0.717) is 23.4 Å². The number of rotatable bonds is 8. The largest absolute Gasteiger partial charge is 0.384 e. The van der Waals surface area contributed by atoms with E-state index >= 15 is 0 Å². The van der Waals surface area contributed by atoms with Crippen LogP contribution in [0, 0.1) is 5.41 Å². The fourth-order valence-corrected chi connectivity index (χ4v) is 3.72. The first-order valence-corrected chi connectivity index (χ1v) is 9.98. The predicted octanol–water partition coefficient (Wildman–Crippen LogP) is 3.51. The van der Waals surface area contributed by atoms with Gasteiger partial charge in [-0.2, -0.15) is 0 Å². The van der Waals surface area contributed by atoms with Crippen LogP contribution < -0.4 is 11.1 Å². The SMILES string of the molecule is CCCCCCNc1cc(-n2nnc3c2CC(C)(C)CC3=O)ccc1C(N)=O. The molecule has 150 valence electrons. The topological polar surface area (TPSA) is 103 Å². The minimum absolute atomic E-state index is 0.0283. The van der Waals surface area contributed by atoms with Crippen LogP contribution in [0.15, 0.2) is 18.2 Å². The molecule has 1 aromatic heterocycles. The summed E-state index contributed by atoms with van der Waals surface area (Å²) in [4.78, 5) is 24.2. The van der Waals surface area contributed by atoms with E-state index in [4.69, 9.17) is 5.73 Å². The Hall–Kier alpha value is -2.70. The second kappa shape index (κ2) is 8.12. The van der Waals surface area contributed by atoms with Crippen molar-refractivity contribution in [3.63, 3.8) is 0 Å². The van der Waals surface area contributed by atoms with Gasteiger partial charge in [0, 0.05) is 18.7 Å². The number of hydrogen-bond donors (Lipinski definition) is 2. The number of primary amides is 1. The lowest BCUT2D eigenvalue weighted by molar-refractivity contribution is 0.0905. The summed E-state index contributed by atoms with van der Waals surface area (Å²) in [6, 6.07) is 5.36. The van der Waals surface area contributed by atoms with Crippen LogP contribution in [0.25, 0.3) is 5.69 Å². The number of anilines is 1. The number of nitrogens with one attached hydrogen (secondary N) is 1. The van der Waals surface area contributed by atoms with Gasteiger partial charge in [-0.3, -0.25) is 9.59 Å². The van der Waals surface area contributed by atoms with Crippen LogP contribution in [0.5, 0.6) is 0 Å². The molecule has 0 saturated heterocycles. The van der Waals surface area contributed by atoms with E-state index < -0.39 is 5.91 Å². The molecule has 0 aliphatic heterocycles. The van der Waals surface area contributed by atoms with E-state index in [0.717, 1.165) is 37.2 Å². The Balaban J connectivity index is 1.90. The maximum absolute atomic E-state index is 12.4. The molecule has 0 spiro atoms. The fraction of sp³-hybridized carbons (Fsp3) is 0.524. The summed E-state index contributed by atoms with van der Waals surface area (Å²) in [6.45, 7) is 7.09. The van der Waals surface area contributed by atoms with Crippen molar-refractivity contribution in [3.8, 4) is 5.69 Å². The van der Waals surface area contributed by atoms with Crippen molar-refractivity contribution in [1.29, 1.82) is 0 Å². The number of aromatic nitrogens is 3. The van der Waals surface area contributed by atoms with E-state index in [1.165, 1.54) is 12.8 Å². The van der Waals surface area contributed by atoms with E-state index in [1.807, 2.05) is 6.07 Å². The Morgan fingerprint density at radius 1 is 1.25 bits per heavy atom. The molecule has 0 bridgehead atoms. The number of benzene rings is 1.